The first-order valence-corrected chi connectivity index (χ1v) is 9.07. The Hall–Kier alpha value is -1.07. The van der Waals surface area contributed by atoms with Crippen molar-refractivity contribution >= 4 is 17.7 Å². The second-order valence-corrected chi connectivity index (χ2v) is 8.49. The average molecular weight is 318 g/mol. The van der Waals surface area contributed by atoms with Gasteiger partial charge >= 0.3 is 0 Å². The highest BCUT2D eigenvalue weighted by molar-refractivity contribution is 8.01. The predicted molar refractivity (Wildman–Crippen MR) is 86.5 cm³/mol. The Morgan fingerprint density at radius 2 is 2.36 bits per heavy atom. The molecule has 3 heterocycles. The van der Waals surface area contributed by atoms with Crippen LogP contribution in [-0.2, 0) is 16.1 Å². The van der Waals surface area contributed by atoms with Crippen molar-refractivity contribution in [3.05, 3.63) is 30.1 Å². The first-order chi connectivity index (χ1) is 10.7. The average Bonchev–Trinajstić information content (AvgIpc) is 3.08. The second-order valence-electron chi connectivity index (χ2n) is 7.01. The molecule has 0 bridgehead atoms. The smallest absolute Gasteiger partial charge is 0.226 e. The van der Waals surface area contributed by atoms with E-state index in [1.54, 1.807) is 6.20 Å². The molecule has 0 radical (unpaired) electrons. The number of pyridine rings is 1. The van der Waals surface area contributed by atoms with Gasteiger partial charge in [-0.25, -0.2) is 0 Å². The van der Waals surface area contributed by atoms with Crippen LogP contribution in [0.25, 0.3) is 0 Å². The summed E-state index contributed by atoms with van der Waals surface area (Å²) in [4.78, 5) is 18.4. The lowest BCUT2D eigenvalue weighted by Gasteiger charge is -2.47. The number of amides is 1. The normalized spacial score (nSPS) is 32.0. The second kappa shape index (κ2) is 5.53. The van der Waals surface area contributed by atoms with E-state index in [1.165, 1.54) is 0 Å². The van der Waals surface area contributed by atoms with Crippen LogP contribution in [0.2, 0.25) is 0 Å². The Labute approximate surface area is 135 Å². The summed E-state index contributed by atoms with van der Waals surface area (Å²) in [7, 11) is 0. The Kier molecular flexibility index (Phi) is 3.65. The summed E-state index contributed by atoms with van der Waals surface area (Å²) in [5, 5.41) is 0. The molecule has 0 unspecified atom stereocenters. The molecule has 1 amide bonds. The van der Waals surface area contributed by atoms with Crippen LogP contribution < -0.4 is 0 Å². The van der Waals surface area contributed by atoms with Crippen LogP contribution in [0.4, 0.5) is 0 Å². The van der Waals surface area contributed by atoms with Gasteiger partial charge in [-0.3, -0.25) is 9.78 Å². The third-order valence-electron chi connectivity index (χ3n) is 5.08. The molecule has 0 aromatic carbocycles. The van der Waals surface area contributed by atoms with Gasteiger partial charge in [-0.05, 0) is 30.4 Å². The lowest BCUT2D eigenvalue weighted by molar-refractivity contribution is -0.138. The lowest BCUT2D eigenvalue weighted by atomic mass is 9.92. The maximum absolute atomic E-state index is 12.2. The standard InChI is InChI=1S/C17H22N2O2S/c1-12-5-15(12)16(20)19-10-17(11-19)6-14(9-22-17)21-8-13-3-2-4-18-7-13/h2-4,7,12,14-15H,5-6,8-11H2,1H3/t12-,14+,15-/m1/s1. The summed E-state index contributed by atoms with van der Waals surface area (Å²) >= 11 is 1.99. The summed E-state index contributed by atoms with van der Waals surface area (Å²) in [6.07, 6.45) is 6.11. The zero-order chi connectivity index (χ0) is 15.2. The third-order valence-corrected chi connectivity index (χ3v) is 6.66. The Bertz CT molecular complexity index is 559. The minimum atomic E-state index is 0.271. The van der Waals surface area contributed by atoms with Gasteiger partial charge in [0.05, 0.1) is 17.5 Å². The molecule has 0 N–H and O–H groups in total. The molecule has 3 aliphatic rings. The van der Waals surface area contributed by atoms with Gasteiger partial charge in [0.2, 0.25) is 5.91 Å². The number of nitrogens with zero attached hydrogens (tertiary/aromatic N) is 2. The van der Waals surface area contributed by atoms with Gasteiger partial charge in [0.1, 0.15) is 0 Å². The summed E-state index contributed by atoms with van der Waals surface area (Å²) in [6.45, 7) is 4.65. The Balaban J connectivity index is 1.24. The molecule has 22 heavy (non-hydrogen) atoms. The van der Waals surface area contributed by atoms with E-state index in [2.05, 4.69) is 16.8 Å². The maximum atomic E-state index is 12.2. The van der Waals surface area contributed by atoms with Crippen molar-refractivity contribution in [3.8, 4) is 0 Å². The summed E-state index contributed by atoms with van der Waals surface area (Å²) in [5.74, 6) is 2.36. The fourth-order valence-electron chi connectivity index (χ4n) is 3.53. The zero-order valence-electron chi connectivity index (χ0n) is 12.9. The van der Waals surface area contributed by atoms with Gasteiger partial charge in [-0.2, -0.15) is 0 Å². The molecule has 1 aromatic rings. The molecule has 4 nitrogen and oxygen atoms in total. The van der Waals surface area contributed by atoms with Crippen molar-refractivity contribution in [3.63, 3.8) is 0 Å². The summed E-state index contributed by atoms with van der Waals surface area (Å²) < 4.78 is 6.30. The number of likely N-dealkylation sites (tertiary alicyclic amines) is 1. The zero-order valence-corrected chi connectivity index (χ0v) is 13.7. The Morgan fingerprint density at radius 1 is 1.55 bits per heavy atom. The number of rotatable bonds is 4. The fourth-order valence-corrected chi connectivity index (χ4v) is 5.08. The van der Waals surface area contributed by atoms with Crippen molar-refractivity contribution in [1.82, 2.24) is 9.88 Å². The summed E-state index contributed by atoms with van der Waals surface area (Å²) in [5.41, 5.74) is 1.13. The first-order valence-electron chi connectivity index (χ1n) is 8.08. The molecule has 1 aliphatic carbocycles. The molecule has 1 saturated carbocycles. The van der Waals surface area contributed by atoms with Crippen LogP contribution in [0.15, 0.2) is 24.5 Å². The monoisotopic (exact) mass is 318 g/mol. The largest absolute Gasteiger partial charge is 0.373 e. The topological polar surface area (TPSA) is 42.4 Å². The van der Waals surface area contributed by atoms with Crippen LogP contribution in [0.5, 0.6) is 0 Å². The van der Waals surface area contributed by atoms with E-state index < -0.39 is 0 Å². The molecular weight excluding hydrogens is 296 g/mol. The maximum Gasteiger partial charge on any atom is 0.226 e. The predicted octanol–water partition coefficient (Wildman–Crippen LogP) is 2.34. The third kappa shape index (κ3) is 2.76. The van der Waals surface area contributed by atoms with Gasteiger partial charge < -0.3 is 9.64 Å². The lowest BCUT2D eigenvalue weighted by Crippen LogP contribution is -2.61. The van der Waals surface area contributed by atoms with Crippen molar-refractivity contribution in [2.45, 2.75) is 37.2 Å². The van der Waals surface area contributed by atoms with Crippen molar-refractivity contribution < 1.29 is 9.53 Å². The van der Waals surface area contributed by atoms with Gasteiger partial charge in [-0.1, -0.05) is 13.0 Å². The summed E-state index contributed by atoms with van der Waals surface area (Å²) in [6, 6.07) is 3.99. The molecule has 4 rings (SSSR count). The van der Waals surface area contributed by atoms with Crippen molar-refractivity contribution in [2.75, 3.05) is 18.8 Å². The number of aromatic nitrogens is 1. The SMILES string of the molecule is C[C@@H]1C[C@H]1C(=O)N1CC2(C[C@H](OCc3cccnc3)CS2)C1. The van der Waals surface area contributed by atoms with E-state index in [1.807, 2.05) is 30.1 Å². The molecule has 3 fully saturated rings. The number of ether oxygens (including phenoxy) is 1. The number of hydrogen-bond donors (Lipinski definition) is 0. The minimum Gasteiger partial charge on any atom is -0.373 e. The molecule has 1 spiro atoms. The van der Waals surface area contributed by atoms with Gasteiger partial charge in [0.15, 0.2) is 0 Å². The van der Waals surface area contributed by atoms with E-state index in [-0.39, 0.29) is 4.75 Å². The van der Waals surface area contributed by atoms with E-state index in [4.69, 9.17) is 4.74 Å². The molecular formula is C17H22N2O2S. The van der Waals surface area contributed by atoms with Gasteiger partial charge in [0, 0.05) is 37.2 Å². The van der Waals surface area contributed by atoms with E-state index in [0.29, 0.717) is 30.5 Å². The highest BCUT2D eigenvalue weighted by Gasteiger charge is 2.53. The van der Waals surface area contributed by atoms with E-state index in [0.717, 1.165) is 37.2 Å². The number of hydrogen-bond acceptors (Lipinski definition) is 4. The molecule has 2 saturated heterocycles. The van der Waals surface area contributed by atoms with E-state index in [9.17, 15) is 4.79 Å². The molecule has 5 heteroatoms. The fraction of sp³-hybridized carbons (Fsp3) is 0.647. The number of carbonyl (C=O) groups excluding carboxylic acids is 1. The minimum absolute atomic E-state index is 0.271. The van der Waals surface area contributed by atoms with Gasteiger partial charge in [0.25, 0.3) is 0 Å². The highest BCUT2D eigenvalue weighted by atomic mass is 32.2. The Morgan fingerprint density at radius 3 is 3.05 bits per heavy atom. The quantitative estimate of drug-likeness (QED) is 0.854. The number of thioether (sulfide) groups is 1. The number of carbonyl (C=O) groups is 1. The van der Waals surface area contributed by atoms with Crippen molar-refractivity contribution in [1.29, 1.82) is 0 Å². The van der Waals surface area contributed by atoms with Crippen LogP contribution in [0.1, 0.15) is 25.3 Å². The molecule has 3 atom stereocenters. The van der Waals surface area contributed by atoms with Gasteiger partial charge in [-0.15, -0.1) is 11.8 Å². The molecule has 118 valence electrons. The van der Waals surface area contributed by atoms with Crippen molar-refractivity contribution in [2.24, 2.45) is 11.8 Å². The molecule has 1 aromatic heterocycles. The van der Waals surface area contributed by atoms with Crippen LogP contribution in [0.3, 0.4) is 0 Å². The molecule has 2 aliphatic heterocycles. The van der Waals surface area contributed by atoms with Crippen LogP contribution in [-0.4, -0.2) is 45.5 Å². The van der Waals surface area contributed by atoms with Crippen LogP contribution in [0, 0.1) is 11.8 Å². The first kappa shape index (κ1) is 14.5. The highest BCUT2D eigenvalue weighted by Crippen LogP contribution is 2.48. The van der Waals surface area contributed by atoms with E-state index >= 15 is 0 Å². The van der Waals surface area contributed by atoms with Crippen LogP contribution >= 0.6 is 11.8 Å².